The number of anilines is 1. The first-order valence-electron chi connectivity index (χ1n) is 5.75. The Morgan fingerprint density at radius 1 is 1.20 bits per heavy atom. The average molecular weight is 288 g/mol. The van der Waals surface area contributed by atoms with Gasteiger partial charge in [0.15, 0.2) is 0 Å². The summed E-state index contributed by atoms with van der Waals surface area (Å²) < 4.78 is 41.1. The molecule has 20 heavy (non-hydrogen) atoms. The van der Waals surface area contributed by atoms with E-state index in [-0.39, 0.29) is 11.3 Å². The number of carbonyl (C=O) groups is 2. The number of alkyl halides is 2. The van der Waals surface area contributed by atoms with Crippen molar-refractivity contribution in [3.8, 4) is 0 Å². The van der Waals surface area contributed by atoms with Crippen LogP contribution in [0.3, 0.4) is 0 Å². The standard InChI is InChI=1S/C13H15F3N2O2/c1-12(2,15)13(3,16)11(20)18-7-4-5-8(10(17)19)9(14)6-7/h4-6H,1-3H3,(H2,17,19)(H,18,20). The zero-order chi connectivity index (χ0) is 15.7. The van der Waals surface area contributed by atoms with Gasteiger partial charge in [-0.15, -0.1) is 0 Å². The van der Waals surface area contributed by atoms with Crippen molar-refractivity contribution in [1.29, 1.82) is 0 Å². The van der Waals surface area contributed by atoms with Gasteiger partial charge in [-0.2, -0.15) is 0 Å². The number of nitrogens with two attached hydrogens (primary N) is 1. The first-order chi connectivity index (χ1) is 8.96. The summed E-state index contributed by atoms with van der Waals surface area (Å²) in [6.45, 7) is 2.63. The summed E-state index contributed by atoms with van der Waals surface area (Å²) in [6.07, 6.45) is 0. The normalized spacial score (nSPS) is 14.5. The molecule has 1 rings (SSSR count). The molecule has 1 aromatic carbocycles. The van der Waals surface area contributed by atoms with E-state index in [1.54, 1.807) is 0 Å². The van der Waals surface area contributed by atoms with Gasteiger partial charge in [-0.25, -0.2) is 13.2 Å². The van der Waals surface area contributed by atoms with Gasteiger partial charge >= 0.3 is 0 Å². The molecule has 0 spiro atoms. The number of rotatable bonds is 4. The first-order valence-corrected chi connectivity index (χ1v) is 5.75. The molecule has 7 heteroatoms. The van der Waals surface area contributed by atoms with Crippen molar-refractivity contribution < 1.29 is 22.8 Å². The van der Waals surface area contributed by atoms with Crippen molar-refractivity contribution >= 4 is 17.5 Å². The second kappa shape index (κ2) is 5.15. The Morgan fingerprint density at radius 2 is 1.75 bits per heavy atom. The number of halogens is 3. The number of primary amides is 1. The smallest absolute Gasteiger partial charge is 0.265 e. The van der Waals surface area contributed by atoms with E-state index in [0.717, 1.165) is 32.9 Å². The van der Waals surface area contributed by atoms with Crippen molar-refractivity contribution in [2.75, 3.05) is 5.32 Å². The van der Waals surface area contributed by atoms with Crippen LogP contribution < -0.4 is 11.1 Å². The fourth-order valence-electron chi connectivity index (χ4n) is 1.31. The molecule has 0 heterocycles. The van der Waals surface area contributed by atoms with Gasteiger partial charge in [0.05, 0.1) is 5.56 Å². The van der Waals surface area contributed by atoms with Gasteiger partial charge in [0, 0.05) is 5.69 Å². The van der Waals surface area contributed by atoms with Gasteiger partial charge in [-0.3, -0.25) is 9.59 Å². The van der Waals surface area contributed by atoms with Crippen LogP contribution >= 0.6 is 0 Å². The van der Waals surface area contributed by atoms with Crippen LogP contribution in [-0.4, -0.2) is 23.2 Å². The molecule has 0 radical (unpaired) electrons. The summed E-state index contributed by atoms with van der Waals surface area (Å²) in [4.78, 5) is 22.5. The van der Waals surface area contributed by atoms with Crippen LogP contribution in [0.4, 0.5) is 18.9 Å². The second-order valence-corrected chi connectivity index (χ2v) is 4.99. The summed E-state index contributed by atoms with van der Waals surface area (Å²) in [6, 6.07) is 3.02. The van der Waals surface area contributed by atoms with Gasteiger partial charge in [0.2, 0.25) is 5.67 Å². The van der Waals surface area contributed by atoms with E-state index in [2.05, 4.69) is 0 Å². The van der Waals surface area contributed by atoms with E-state index >= 15 is 0 Å². The molecule has 0 aliphatic heterocycles. The highest BCUT2D eigenvalue weighted by Crippen LogP contribution is 2.31. The molecule has 3 N–H and O–H groups in total. The molecule has 0 aliphatic carbocycles. The van der Waals surface area contributed by atoms with Crippen LogP contribution in [-0.2, 0) is 4.79 Å². The maximum absolute atomic E-state index is 14.0. The third kappa shape index (κ3) is 3.09. The molecule has 1 aromatic rings. The molecule has 0 aliphatic rings. The van der Waals surface area contributed by atoms with E-state index in [1.165, 1.54) is 6.07 Å². The van der Waals surface area contributed by atoms with Gasteiger partial charge in [0.25, 0.3) is 11.8 Å². The Balaban J connectivity index is 2.98. The molecule has 110 valence electrons. The largest absolute Gasteiger partial charge is 0.366 e. The Morgan fingerprint density at radius 3 is 2.15 bits per heavy atom. The number of hydrogen-bond acceptors (Lipinski definition) is 2. The second-order valence-electron chi connectivity index (χ2n) is 4.99. The Bertz CT molecular complexity index is 551. The van der Waals surface area contributed by atoms with E-state index in [1.807, 2.05) is 5.32 Å². The van der Waals surface area contributed by atoms with Crippen molar-refractivity contribution in [2.45, 2.75) is 32.1 Å². The van der Waals surface area contributed by atoms with Crippen molar-refractivity contribution in [2.24, 2.45) is 5.73 Å². The van der Waals surface area contributed by atoms with E-state index < -0.39 is 29.0 Å². The molecule has 0 aromatic heterocycles. The minimum atomic E-state index is -2.80. The van der Waals surface area contributed by atoms with Gasteiger partial charge in [-0.1, -0.05) is 0 Å². The topological polar surface area (TPSA) is 72.2 Å². The molecule has 0 bridgehead atoms. The zero-order valence-electron chi connectivity index (χ0n) is 11.3. The average Bonchev–Trinajstić information content (AvgIpc) is 2.26. The quantitative estimate of drug-likeness (QED) is 0.892. The van der Waals surface area contributed by atoms with Crippen LogP contribution in [0, 0.1) is 5.82 Å². The number of amides is 2. The highest BCUT2D eigenvalue weighted by molar-refractivity contribution is 5.99. The Kier molecular flexibility index (Phi) is 4.12. The van der Waals surface area contributed by atoms with Crippen LogP contribution in [0.5, 0.6) is 0 Å². The summed E-state index contributed by atoms with van der Waals surface area (Å²) in [5, 5.41) is 2.05. The molecule has 1 unspecified atom stereocenters. The van der Waals surface area contributed by atoms with Crippen LogP contribution in [0.25, 0.3) is 0 Å². The predicted molar refractivity (Wildman–Crippen MR) is 68.2 cm³/mol. The fourth-order valence-corrected chi connectivity index (χ4v) is 1.31. The minimum Gasteiger partial charge on any atom is -0.366 e. The lowest BCUT2D eigenvalue weighted by molar-refractivity contribution is -0.135. The van der Waals surface area contributed by atoms with Gasteiger partial charge in [0.1, 0.15) is 11.5 Å². The highest BCUT2D eigenvalue weighted by Gasteiger charge is 2.48. The van der Waals surface area contributed by atoms with Crippen molar-refractivity contribution in [1.82, 2.24) is 0 Å². The summed E-state index contributed by atoms with van der Waals surface area (Å²) in [7, 11) is 0. The minimum absolute atomic E-state index is 0.106. The lowest BCUT2D eigenvalue weighted by Gasteiger charge is -2.29. The highest BCUT2D eigenvalue weighted by atomic mass is 19.2. The molecular formula is C13H15F3N2O2. The number of carbonyl (C=O) groups excluding carboxylic acids is 2. The monoisotopic (exact) mass is 288 g/mol. The lowest BCUT2D eigenvalue weighted by atomic mass is 9.90. The van der Waals surface area contributed by atoms with Crippen molar-refractivity contribution in [3.05, 3.63) is 29.6 Å². The van der Waals surface area contributed by atoms with Gasteiger partial charge in [-0.05, 0) is 39.0 Å². The van der Waals surface area contributed by atoms with Gasteiger partial charge < -0.3 is 11.1 Å². The number of nitrogens with one attached hydrogen (secondary N) is 1. The Hall–Kier alpha value is -2.05. The summed E-state index contributed by atoms with van der Waals surface area (Å²) in [5.74, 6) is -3.19. The summed E-state index contributed by atoms with van der Waals surface area (Å²) >= 11 is 0. The van der Waals surface area contributed by atoms with E-state index in [4.69, 9.17) is 5.73 Å². The molecule has 2 amide bonds. The lowest BCUT2D eigenvalue weighted by Crippen LogP contribution is -2.50. The number of hydrogen-bond donors (Lipinski definition) is 2. The molecule has 4 nitrogen and oxygen atoms in total. The number of benzene rings is 1. The first kappa shape index (κ1) is 16.0. The predicted octanol–water partition coefficient (Wildman–Crippen LogP) is 2.34. The third-order valence-electron chi connectivity index (χ3n) is 3.04. The summed E-state index contributed by atoms with van der Waals surface area (Å²) in [5.41, 5.74) is -0.767. The molecule has 0 fully saturated rings. The van der Waals surface area contributed by atoms with Crippen molar-refractivity contribution in [3.63, 3.8) is 0 Å². The van der Waals surface area contributed by atoms with E-state index in [0.29, 0.717) is 0 Å². The molecule has 1 atom stereocenters. The zero-order valence-corrected chi connectivity index (χ0v) is 11.3. The fraction of sp³-hybridized carbons (Fsp3) is 0.385. The third-order valence-corrected chi connectivity index (χ3v) is 3.04. The SMILES string of the molecule is CC(C)(F)C(C)(F)C(=O)Nc1ccc(C(N)=O)c(F)c1. The van der Waals surface area contributed by atoms with Crippen LogP contribution in [0.1, 0.15) is 31.1 Å². The van der Waals surface area contributed by atoms with Crippen LogP contribution in [0.2, 0.25) is 0 Å². The molecule has 0 saturated heterocycles. The Labute approximate surface area is 114 Å². The molecule has 0 saturated carbocycles. The maximum Gasteiger partial charge on any atom is 0.265 e. The van der Waals surface area contributed by atoms with Crippen LogP contribution in [0.15, 0.2) is 18.2 Å². The molecular weight excluding hydrogens is 273 g/mol. The van der Waals surface area contributed by atoms with E-state index in [9.17, 15) is 22.8 Å². The maximum atomic E-state index is 14.0.